The van der Waals surface area contributed by atoms with Crippen LogP contribution in [0.25, 0.3) is 0 Å². The predicted molar refractivity (Wildman–Crippen MR) is 72.8 cm³/mol. The Hall–Kier alpha value is -2.21. The van der Waals surface area contributed by atoms with Crippen LogP contribution in [0.3, 0.4) is 0 Å². The van der Waals surface area contributed by atoms with Gasteiger partial charge in [-0.15, -0.1) is 0 Å². The summed E-state index contributed by atoms with van der Waals surface area (Å²) < 4.78 is 5.36. The second-order valence-corrected chi connectivity index (χ2v) is 5.26. The van der Waals surface area contributed by atoms with Crippen molar-refractivity contribution in [1.29, 1.82) is 0 Å². The number of fused-ring (bicyclic) bond motifs is 2. The van der Waals surface area contributed by atoms with E-state index in [1.807, 2.05) is 0 Å². The Balaban J connectivity index is 1.78. The zero-order valence-electron chi connectivity index (χ0n) is 11.3. The van der Waals surface area contributed by atoms with Gasteiger partial charge in [-0.25, -0.2) is 4.90 Å². The van der Waals surface area contributed by atoms with E-state index in [9.17, 15) is 14.4 Å². The van der Waals surface area contributed by atoms with Gasteiger partial charge in [0, 0.05) is 6.42 Å². The van der Waals surface area contributed by atoms with Gasteiger partial charge in [-0.3, -0.25) is 14.4 Å². The standard InChI is InChI=1S/C15H15NO5/c17-13(18)8-3-9-1-4-10(5-2-9)16-14(19)11-6-7-12(21-11)15(16)20/h1-2,4-5,11-12H,3,6-8H2,(H,17,18). The van der Waals surface area contributed by atoms with E-state index in [4.69, 9.17) is 9.84 Å². The lowest BCUT2D eigenvalue weighted by Crippen LogP contribution is -2.52. The molecule has 2 atom stereocenters. The van der Waals surface area contributed by atoms with Gasteiger partial charge >= 0.3 is 5.97 Å². The first-order valence-corrected chi connectivity index (χ1v) is 6.90. The Morgan fingerprint density at radius 2 is 1.71 bits per heavy atom. The quantitative estimate of drug-likeness (QED) is 0.840. The van der Waals surface area contributed by atoms with Crippen LogP contribution < -0.4 is 4.90 Å². The number of aliphatic carboxylic acids is 1. The summed E-state index contributed by atoms with van der Waals surface area (Å²) in [5.74, 6) is -1.48. The minimum absolute atomic E-state index is 0.0545. The molecule has 2 unspecified atom stereocenters. The van der Waals surface area contributed by atoms with Crippen molar-refractivity contribution < 1.29 is 24.2 Å². The molecule has 6 heteroatoms. The lowest BCUT2D eigenvalue weighted by Gasteiger charge is -2.29. The molecule has 2 heterocycles. The van der Waals surface area contributed by atoms with E-state index in [2.05, 4.69) is 0 Å². The van der Waals surface area contributed by atoms with Crippen molar-refractivity contribution in [3.63, 3.8) is 0 Å². The number of carboxylic acids is 1. The van der Waals surface area contributed by atoms with Crippen LogP contribution >= 0.6 is 0 Å². The number of nitrogens with zero attached hydrogens (tertiary/aromatic N) is 1. The van der Waals surface area contributed by atoms with Crippen molar-refractivity contribution in [2.45, 2.75) is 37.9 Å². The highest BCUT2D eigenvalue weighted by Gasteiger charge is 2.46. The maximum absolute atomic E-state index is 12.2. The van der Waals surface area contributed by atoms with Crippen molar-refractivity contribution in [1.82, 2.24) is 0 Å². The summed E-state index contributed by atoms with van der Waals surface area (Å²) in [5.41, 5.74) is 1.38. The third-order valence-electron chi connectivity index (χ3n) is 3.83. The van der Waals surface area contributed by atoms with Crippen LogP contribution in [0, 0.1) is 0 Å². The van der Waals surface area contributed by atoms with Crippen molar-refractivity contribution in [2.75, 3.05) is 4.90 Å². The van der Waals surface area contributed by atoms with Gasteiger partial charge in [0.05, 0.1) is 5.69 Å². The topological polar surface area (TPSA) is 83.9 Å². The molecule has 2 aliphatic rings. The van der Waals surface area contributed by atoms with Gasteiger partial charge < -0.3 is 9.84 Å². The number of rotatable bonds is 4. The van der Waals surface area contributed by atoms with Gasteiger partial charge in [-0.1, -0.05) is 12.1 Å². The minimum atomic E-state index is -0.853. The monoisotopic (exact) mass is 289 g/mol. The molecule has 0 aliphatic carbocycles. The van der Waals surface area contributed by atoms with Gasteiger partial charge in [-0.2, -0.15) is 0 Å². The van der Waals surface area contributed by atoms with Gasteiger partial charge in [0.15, 0.2) is 0 Å². The Morgan fingerprint density at radius 1 is 1.14 bits per heavy atom. The summed E-state index contributed by atoms with van der Waals surface area (Å²) in [6.07, 6.45) is 0.620. The lowest BCUT2D eigenvalue weighted by molar-refractivity contribution is -0.147. The number of ether oxygens (including phenoxy) is 1. The lowest BCUT2D eigenvalue weighted by atomic mass is 10.1. The van der Waals surface area contributed by atoms with Gasteiger partial charge in [0.2, 0.25) is 0 Å². The van der Waals surface area contributed by atoms with E-state index in [-0.39, 0.29) is 18.2 Å². The maximum atomic E-state index is 12.2. The van der Waals surface area contributed by atoms with Crippen LogP contribution in [0.1, 0.15) is 24.8 Å². The highest BCUT2D eigenvalue weighted by molar-refractivity contribution is 6.19. The van der Waals surface area contributed by atoms with Crippen molar-refractivity contribution in [3.8, 4) is 0 Å². The second kappa shape index (κ2) is 5.29. The number of benzene rings is 1. The van der Waals surface area contributed by atoms with Crippen LogP contribution in [-0.2, 0) is 25.5 Å². The number of hydrogen-bond acceptors (Lipinski definition) is 4. The number of carboxylic acid groups (broad SMARTS) is 1. The van der Waals surface area contributed by atoms with E-state index >= 15 is 0 Å². The van der Waals surface area contributed by atoms with Crippen LogP contribution in [0.5, 0.6) is 0 Å². The Labute approximate surface area is 121 Å². The summed E-state index contributed by atoms with van der Waals surface area (Å²) in [7, 11) is 0. The Bertz CT molecular complexity index is 573. The number of carbonyl (C=O) groups excluding carboxylic acids is 2. The second-order valence-electron chi connectivity index (χ2n) is 5.26. The average Bonchev–Trinajstić information content (AvgIpc) is 2.92. The Kier molecular flexibility index (Phi) is 3.47. The maximum Gasteiger partial charge on any atom is 0.303 e. The molecule has 6 nitrogen and oxygen atoms in total. The van der Waals surface area contributed by atoms with Crippen LogP contribution in [0.2, 0.25) is 0 Å². The number of morpholine rings is 1. The fraction of sp³-hybridized carbons (Fsp3) is 0.400. The van der Waals surface area contributed by atoms with Gasteiger partial charge in [0.25, 0.3) is 11.8 Å². The third-order valence-corrected chi connectivity index (χ3v) is 3.83. The molecular weight excluding hydrogens is 274 g/mol. The summed E-state index contributed by atoms with van der Waals surface area (Å²) in [6, 6.07) is 6.85. The SMILES string of the molecule is O=C(O)CCc1ccc(N2C(=O)C3CCC(O3)C2=O)cc1. The molecule has 110 valence electrons. The predicted octanol–water partition coefficient (Wildman–Crippen LogP) is 1.12. The minimum Gasteiger partial charge on any atom is -0.481 e. The zero-order valence-corrected chi connectivity index (χ0v) is 11.3. The summed E-state index contributed by atoms with van der Waals surface area (Å²) in [6.45, 7) is 0. The summed E-state index contributed by atoms with van der Waals surface area (Å²) in [4.78, 5) is 36.1. The molecule has 0 aromatic heterocycles. The molecular formula is C15H15NO5. The summed E-state index contributed by atoms with van der Waals surface area (Å²) >= 11 is 0. The number of carbonyl (C=O) groups is 3. The van der Waals surface area contributed by atoms with E-state index in [0.717, 1.165) is 5.56 Å². The average molecular weight is 289 g/mol. The fourth-order valence-electron chi connectivity index (χ4n) is 2.71. The first kappa shape index (κ1) is 13.8. The highest BCUT2D eigenvalue weighted by atomic mass is 16.5. The molecule has 0 saturated carbocycles. The van der Waals surface area contributed by atoms with E-state index < -0.39 is 18.2 Å². The number of hydrogen-bond donors (Lipinski definition) is 1. The molecule has 2 amide bonds. The van der Waals surface area contributed by atoms with E-state index in [1.54, 1.807) is 24.3 Å². The molecule has 2 aliphatic heterocycles. The molecule has 1 aromatic carbocycles. The fourth-order valence-corrected chi connectivity index (χ4v) is 2.71. The molecule has 21 heavy (non-hydrogen) atoms. The number of aryl methyl sites for hydroxylation is 1. The van der Waals surface area contributed by atoms with E-state index in [1.165, 1.54) is 4.90 Å². The summed E-state index contributed by atoms with van der Waals surface area (Å²) in [5, 5.41) is 8.66. The number of amides is 2. The molecule has 2 fully saturated rings. The van der Waals surface area contributed by atoms with E-state index in [0.29, 0.717) is 24.9 Å². The molecule has 2 saturated heterocycles. The number of anilines is 1. The first-order chi connectivity index (χ1) is 10.1. The van der Waals surface area contributed by atoms with Crippen LogP contribution in [0.4, 0.5) is 5.69 Å². The highest BCUT2D eigenvalue weighted by Crippen LogP contribution is 2.31. The van der Waals surface area contributed by atoms with Crippen LogP contribution in [0.15, 0.2) is 24.3 Å². The third kappa shape index (κ3) is 2.54. The van der Waals surface area contributed by atoms with Crippen molar-refractivity contribution >= 4 is 23.5 Å². The van der Waals surface area contributed by atoms with Crippen molar-refractivity contribution in [2.24, 2.45) is 0 Å². The Morgan fingerprint density at radius 3 is 2.24 bits per heavy atom. The van der Waals surface area contributed by atoms with Crippen LogP contribution in [-0.4, -0.2) is 35.1 Å². The van der Waals surface area contributed by atoms with Crippen molar-refractivity contribution in [3.05, 3.63) is 29.8 Å². The normalized spacial score (nSPS) is 24.5. The molecule has 0 radical (unpaired) electrons. The largest absolute Gasteiger partial charge is 0.481 e. The smallest absolute Gasteiger partial charge is 0.303 e. The van der Waals surface area contributed by atoms with Gasteiger partial charge in [-0.05, 0) is 37.0 Å². The molecule has 1 N–H and O–H groups in total. The first-order valence-electron chi connectivity index (χ1n) is 6.90. The molecule has 2 bridgehead atoms. The molecule has 3 rings (SSSR count). The van der Waals surface area contributed by atoms with Gasteiger partial charge in [0.1, 0.15) is 12.2 Å². The zero-order chi connectivity index (χ0) is 15.0. The molecule has 1 aromatic rings. The number of imide groups is 1. The molecule has 0 spiro atoms.